The van der Waals surface area contributed by atoms with Crippen LogP contribution in [0, 0.1) is 12.3 Å². The molecule has 0 aliphatic heterocycles. The predicted octanol–water partition coefficient (Wildman–Crippen LogP) is 2.24. The maximum atomic E-state index is 12.3. The van der Waals surface area contributed by atoms with E-state index in [1.54, 1.807) is 6.07 Å². The van der Waals surface area contributed by atoms with Crippen LogP contribution in [0.25, 0.3) is 0 Å². The van der Waals surface area contributed by atoms with Crippen LogP contribution in [0.4, 0.5) is 0 Å². The van der Waals surface area contributed by atoms with Crippen molar-refractivity contribution in [3.05, 3.63) is 16.5 Å². The summed E-state index contributed by atoms with van der Waals surface area (Å²) in [6, 6.07) is 1.77. The summed E-state index contributed by atoms with van der Waals surface area (Å²) < 4.78 is 27.7. The first-order chi connectivity index (χ1) is 8.92. The van der Waals surface area contributed by atoms with Crippen LogP contribution in [0.3, 0.4) is 0 Å². The van der Waals surface area contributed by atoms with Crippen molar-refractivity contribution in [1.82, 2.24) is 10.0 Å². The van der Waals surface area contributed by atoms with Gasteiger partial charge in [-0.05, 0) is 50.3 Å². The summed E-state index contributed by atoms with van der Waals surface area (Å²) in [7, 11) is -1.48. The maximum absolute atomic E-state index is 12.3. The Morgan fingerprint density at radius 1 is 1.42 bits per heavy atom. The highest BCUT2D eigenvalue weighted by Crippen LogP contribution is 2.48. The third-order valence-electron chi connectivity index (χ3n) is 3.94. The highest BCUT2D eigenvalue weighted by Gasteiger charge is 2.41. The average Bonchev–Trinajstić information content (AvgIpc) is 3.07. The van der Waals surface area contributed by atoms with E-state index in [0.29, 0.717) is 17.3 Å². The summed E-state index contributed by atoms with van der Waals surface area (Å²) in [4.78, 5) is 1.08. The third kappa shape index (κ3) is 3.37. The molecule has 0 spiro atoms. The second-order valence-electron chi connectivity index (χ2n) is 5.38. The Balaban J connectivity index is 2.08. The van der Waals surface area contributed by atoms with Crippen molar-refractivity contribution in [2.75, 3.05) is 13.6 Å². The fourth-order valence-electron chi connectivity index (χ4n) is 2.11. The van der Waals surface area contributed by atoms with Gasteiger partial charge in [0, 0.05) is 18.0 Å². The summed E-state index contributed by atoms with van der Waals surface area (Å²) in [5.41, 5.74) is 1.27. The van der Waals surface area contributed by atoms with Gasteiger partial charge in [0.25, 0.3) is 0 Å². The molecule has 0 unspecified atom stereocenters. The van der Waals surface area contributed by atoms with Crippen molar-refractivity contribution >= 4 is 21.4 Å². The lowest BCUT2D eigenvalue weighted by Gasteiger charge is -2.12. The minimum Gasteiger partial charge on any atom is -0.315 e. The van der Waals surface area contributed by atoms with Crippen molar-refractivity contribution < 1.29 is 8.42 Å². The molecule has 108 valence electrons. The lowest BCUT2D eigenvalue weighted by atomic mass is 10.1. The first-order valence-electron chi connectivity index (χ1n) is 6.66. The summed E-state index contributed by atoms with van der Waals surface area (Å²) in [6.45, 7) is 5.37. The molecule has 2 rings (SSSR count). The highest BCUT2D eigenvalue weighted by molar-refractivity contribution is 7.91. The van der Waals surface area contributed by atoms with Crippen LogP contribution in [0.15, 0.2) is 10.3 Å². The number of nitrogens with one attached hydrogen (secondary N) is 2. The van der Waals surface area contributed by atoms with Gasteiger partial charge in [0.2, 0.25) is 10.0 Å². The molecule has 0 aromatic carbocycles. The molecule has 6 heteroatoms. The zero-order valence-electron chi connectivity index (χ0n) is 11.7. The summed E-state index contributed by atoms with van der Waals surface area (Å²) in [5.74, 6) is 0. The summed E-state index contributed by atoms with van der Waals surface area (Å²) >= 11 is 1.36. The Kier molecular flexibility index (Phi) is 4.35. The molecular formula is C13H22N2O2S2. The van der Waals surface area contributed by atoms with E-state index in [1.165, 1.54) is 11.3 Å². The van der Waals surface area contributed by atoms with Crippen molar-refractivity contribution in [1.29, 1.82) is 0 Å². The van der Waals surface area contributed by atoms with Gasteiger partial charge < -0.3 is 5.32 Å². The lowest BCUT2D eigenvalue weighted by molar-refractivity contribution is 0.476. The molecule has 0 amide bonds. The number of hydrogen-bond acceptors (Lipinski definition) is 4. The van der Waals surface area contributed by atoms with Crippen LogP contribution in [0.2, 0.25) is 0 Å². The minimum atomic E-state index is -3.34. The summed E-state index contributed by atoms with van der Waals surface area (Å²) in [5, 5.41) is 3.06. The first-order valence-corrected chi connectivity index (χ1v) is 8.96. The van der Waals surface area contributed by atoms with E-state index in [4.69, 9.17) is 0 Å². The van der Waals surface area contributed by atoms with Crippen LogP contribution in [-0.2, 0) is 16.6 Å². The van der Waals surface area contributed by atoms with Crippen molar-refractivity contribution in [2.24, 2.45) is 5.41 Å². The zero-order valence-corrected chi connectivity index (χ0v) is 13.4. The van der Waals surface area contributed by atoms with Gasteiger partial charge in [-0.15, -0.1) is 11.3 Å². The van der Waals surface area contributed by atoms with E-state index in [1.807, 2.05) is 14.0 Å². The number of thiophene rings is 1. The zero-order chi connectivity index (χ0) is 14.1. The normalized spacial score (nSPS) is 17.6. The molecule has 1 aliphatic carbocycles. The Hall–Kier alpha value is -0.430. The molecule has 0 bridgehead atoms. The van der Waals surface area contributed by atoms with Crippen LogP contribution in [0.5, 0.6) is 0 Å². The molecule has 19 heavy (non-hydrogen) atoms. The Morgan fingerprint density at radius 3 is 2.63 bits per heavy atom. The highest BCUT2D eigenvalue weighted by atomic mass is 32.2. The van der Waals surface area contributed by atoms with E-state index in [9.17, 15) is 8.42 Å². The van der Waals surface area contributed by atoms with E-state index < -0.39 is 10.0 Å². The average molecular weight is 302 g/mol. The lowest BCUT2D eigenvalue weighted by Crippen LogP contribution is -2.29. The predicted molar refractivity (Wildman–Crippen MR) is 79.0 cm³/mol. The number of aryl methyl sites for hydroxylation is 1. The monoisotopic (exact) mass is 302 g/mol. The van der Waals surface area contributed by atoms with Gasteiger partial charge >= 0.3 is 0 Å². The number of rotatable bonds is 7. The molecule has 1 saturated carbocycles. The fourth-order valence-corrected chi connectivity index (χ4v) is 4.91. The minimum absolute atomic E-state index is 0.229. The molecule has 1 aliphatic rings. The van der Waals surface area contributed by atoms with Crippen molar-refractivity contribution in [3.63, 3.8) is 0 Å². The van der Waals surface area contributed by atoms with E-state index in [-0.39, 0.29) is 5.41 Å². The van der Waals surface area contributed by atoms with Gasteiger partial charge in [-0.1, -0.05) is 6.92 Å². The SMILES string of the molecule is CCC1(CNS(=O)(=O)c2cc(C)c(CNC)s2)CC1. The molecule has 1 aromatic heterocycles. The molecular weight excluding hydrogens is 280 g/mol. The van der Waals surface area contributed by atoms with Crippen molar-refractivity contribution in [3.8, 4) is 0 Å². The molecule has 0 radical (unpaired) electrons. The summed E-state index contributed by atoms with van der Waals surface area (Å²) in [6.07, 6.45) is 3.32. The molecule has 0 atom stereocenters. The molecule has 1 heterocycles. The van der Waals surface area contributed by atoms with Crippen molar-refractivity contribution in [2.45, 2.75) is 43.9 Å². The van der Waals surface area contributed by atoms with E-state index in [2.05, 4.69) is 17.0 Å². The standard InChI is InChI=1S/C13H22N2O2S2/c1-4-13(5-6-13)9-15-19(16,17)12-7-10(2)11(18-12)8-14-3/h7,14-15H,4-6,8-9H2,1-3H3. The largest absolute Gasteiger partial charge is 0.315 e. The van der Waals surface area contributed by atoms with Crippen LogP contribution >= 0.6 is 11.3 Å². The Bertz CT molecular complexity index is 545. The second kappa shape index (κ2) is 5.52. The quantitative estimate of drug-likeness (QED) is 0.812. The van der Waals surface area contributed by atoms with Crippen LogP contribution in [-0.4, -0.2) is 22.0 Å². The van der Waals surface area contributed by atoms with Gasteiger partial charge in [0.1, 0.15) is 4.21 Å². The molecule has 1 aromatic rings. The van der Waals surface area contributed by atoms with Gasteiger partial charge in [-0.2, -0.15) is 0 Å². The fraction of sp³-hybridized carbons (Fsp3) is 0.692. The molecule has 2 N–H and O–H groups in total. The maximum Gasteiger partial charge on any atom is 0.250 e. The van der Waals surface area contributed by atoms with Gasteiger partial charge in [-0.25, -0.2) is 13.1 Å². The first kappa shape index (κ1) is 15.0. The van der Waals surface area contributed by atoms with Crippen LogP contribution < -0.4 is 10.0 Å². The molecule has 1 fully saturated rings. The smallest absolute Gasteiger partial charge is 0.250 e. The molecule has 4 nitrogen and oxygen atoms in total. The third-order valence-corrected chi connectivity index (χ3v) is 7.06. The number of sulfonamides is 1. The van der Waals surface area contributed by atoms with E-state index in [0.717, 1.165) is 29.7 Å². The molecule has 0 saturated heterocycles. The Labute approximate surface area is 119 Å². The second-order valence-corrected chi connectivity index (χ2v) is 8.51. The van der Waals surface area contributed by atoms with E-state index >= 15 is 0 Å². The van der Waals surface area contributed by atoms with Gasteiger partial charge in [0.05, 0.1) is 0 Å². The van der Waals surface area contributed by atoms with Gasteiger partial charge in [0.15, 0.2) is 0 Å². The topological polar surface area (TPSA) is 58.2 Å². The van der Waals surface area contributed by atoms with Gasteiger partial charge in [-0.3, -0.25) is 0 Å². The Morgan fingerprint density at radius 2 is 2.11 bits per heavy atom. The number of hydrogen-bond donors (Lipinski definition) is 2. The van der Waals surface area contributed by atoms with Crippen LogP contribution in [0.1, 0.15) is 36.6 Å².